The molecule has 2 N–H and O–H groups in total. The van der Waals surface area contributed by atoms with Crippen molar-refractivity contribution >= 4 is 0 Å². The third-order valence-corrected chi connectivity index (χ3v) is 3.55. The smallest absolute Gasteiger partial charge is 0.140 e. The monoisotopic (exact) mass is 223 g/mol. The minimum Gasteiger partial charge on any atom is -0.323 e. The molecule has 1 aliphatic rings. The summed E-state index contributed by atoms with van der Waals surface area (Å²) in [6, 6.07) is 0. The second-order valence-electron chi connectivity index (χ2n) is 5.03. The average molecular weight is 223 g/mol. The molecule has 0 spiro atoms. The zero-order valence-corrected chi connectivity index (χ0v) is 10.3. The summed E-state index contributed by atoms with van der Waals surface area (Å²) in [5, 5.41) is 4.17. The van der Waals surface area contributed by atoms with E-state index in [2.05, 4.69) is 35.8 Å². The molecule has 0 unspecified atom stereocenters. The Kier molecular flexibility index (Phi) is 2.99. The van der Waals surface area contributed by atoms with Crippen LogP contribution in [0.4, 0.5) is 0 Å². The van der Waals surface area contributed by atoms with Crippen molar-refractivity contribution in [1.82, 2.24) is 19.7 Å². The van der Waals surface area contributed by atoms with Crippen LogP contribution in [0.15, 0.2) is 6.33 Å². The maximum atomic E-state index is 6.25. The molecule has 0 amide bonds. The van der Waals surface area contributed by atoms with Gasteiger partial charge in [-0.2, -0.15) is 5.10 Å². The summed E-state index contributed by atoms with van der Waals surface area (Å²) in [4.78, 5) is 6.60. The minimum absolute atomic E-state index is 0.00291. The van der Waals surface area contributed by atoms with Crippen LogP contribution in [0, 0.1) is 5.92 Å². The Bertz CT molecular complexity index is 351. The summed E-state index contributed by atoms with van der Waals surface area (Å²) in [7, 11) is 0. The fourth-order valence-corrected chi connectivity index (χ4v) is 2.14. The Morgan fingerprint density at radius 1 is 1.50 bits per heavy atom. The molecule has 2 rings (SSSR count). The lowest BCUT2D eigenvalue weighted by Gasteiger charge is -2.50. The molecule has 0 atom stereocenters. The van der Waals surface area contributed by atoms with Crippen molar-refractivity contribution in [3.63, 3.8) is 0 Å². The highest BCUT2D eigenvalue weighted by Gasteiger charge is 2.41. The van der Waals surface area contributed by atoms with Gasteiger partial charge < -0.3 is 5.73 Å². The molecule has 1 aromatic heterocycles. The van der Waals surface area contributed by atoms with E-state index in [4.69, 9.17) is 5.73 Å². The van der Waals surface area contributed by atoms with E-state index in [1.165, 1.54) is 0 Å². The first-order valence-corrected chi connectivity index (χ1v) is 5.93. The van der Waals surface area contributed by atoms with Crippen LogP contribution in [0.2, 0.25) is 0 Å². The normalized spacial score (nSPS) is 20.1. The average Bonchev–Trinajstić information content (AvgIpc) is 2.62. The second-order valence-corrected chi connectivity index (χ2v) is 5.03. The third-order valence-electron chi connectivity index (χ3n) is 3.55. The maximum Gasteiger partial charge on any atom is 0.140 e. The highest BCUT2D eigenvalue weighted by atomic mass is 15.4. The van der Waals surface area contributed by atoms with Gasteiger partial charge in [0.15, 0.2) is 0 Å². The Morgan fingerprint density at radius 2 is 2.19 bits per heavy atom. The fraction of sp³-hybridized carbons (Fsp3) is 0.818. The van der Waals surface area contributed by atoms with E-state index in [-0.39, 0.29) is 5.54 Å². The van der Waals surface area contributed by atoms with Gasteiger partial charge in [-0.3, -0.25) is 4.90 Å². The van der Waals surface area contributed by atoms with E-state index in [0.717, 1.165) is 32.0 Å². The molecule has 0 aromatic carbocycles. The summed E-state index contributed by atoms with van der Waals surface area (Å²) in [5.41, 5.74) is 6.25. The van der Waals surface area contributed by atoms with Gasteiger partial charge in [-0.15, -0.1) is 0 Å². The van der Waals surface area contributed by atoms with Crippen LogP contribution in [0.1, 0.15) is 26.6 Å². The van der Waals surface area contributed by atoms with E-state index in [1.54, 1.807) is 6.33 Å². The summed E-state index contributed by atoms with van der Waals surface area (Å²) in [6.07, 6.45) is 1.62. The Labute approximate surface area is 96.6 Å². The number of nitrogens with two attached hydrogens (primary N) is 1. The SMILES string of the molecule is CCn1ncnc1CN1CC(N)(C(C)C)C1. The fourth-order valence-electron chi connectivity index (χ4n) is 2.14. The third kappa shape index (κ3) is 1.97. The number of hydrogen-bond acceptors (Lipinski definition) is 4. The molecule has 0 aliphatic carbocycles. The zero-order valence-electron chi connectivity index (χ0n) is 10.3. The van der Waals surface area contributed by atoms with Crippen molar-refractivity contribution in [3.05, 3.63) is 12.2 Å². The van der Waals surface area contributed by atoms with Gasteiger partial charge >= 0.3 is 0 Å². The van der Waals surface area contributed by atoms with Gasteiger partial charge in [0.25, 0.3) is 0 Å². The Morgan fingerprint density at radius 3 is 2.75 bits per heavy atom. The number of aromatic nitrogens is 3. The van der Waals surface area contributed by atoms with Crippen LogP contribution in [0.3, 0.4) is 0 Å². The molecule has 1 fully saturated rings. The topological polar surface area (TPSA) is 60.0 Å². The molecule has 1 saturated heterocycles. The van der Waals surface area contributed by atoms with Crippen LogP contribution in [-0.2, 0) is 13.1 Å². The second kappa shape index (κ2) is 4.14. The van der Waals surface area contributed by atoms with Crippen LogP contribution in [0.5, 0.6) is 0 Å². The largest absolute Gasteiger partial charge is 0.323 e. The molecular formula is C11H21N5. The van der Waals surface area contributed by atoms with Crippen LogP contribution in [-0.4, -0.2) is 38.3 Å². The van der Waals surface area contributed by atoms with Gasteiger partial charge in [0.05, 0.1) is 6.54 Å². The number of likely N-dealkylation sites (tertiary alicyclic amines) is 1. The van der Waals surface area contributed by atoms with Gasteiger partial charge in [0, 0.05) is 25.2 Å². The van der Waals surface area contributed by atoms with E-state index in [0.29, 0.717) is 5.92 Å². The first-order chi connectivity index (χ1) is 7.55. The molecule has 0 saturated carbocycles. The molecule has 1 aliphatic heterocycles. The highest BCUT2D eigenvalue weighted by molar-refractivity contribution is 5.03. The lowest BCUT2D eigenvalue weighted by Crippen LogP contribution is -2.69. The number of nitrogens with zero attached hydrogens (tertiary/aromatic N) is 4. The Hall–Kier alpha value is -0.940. The van der Waals surface area contributed by atoms with E-state index >= 15 is 0 Å². The van der Waals surface area contributed by atoms with Crippen LogP contribution in [0.25, 0.3) is 0 Å². The summed E-state index contributed by atoms with van der Waals surface area (Å²) in [5.74, 6) is 1.57. The molecule has 1 aromatic rings. The van der Waals surface area contributed by atoms with Crippen molar-refractivity contribution in [2.75, 3.05) is 13.1 Å². The van der Waals surface area contributed by atoms with Gasteiger partial charge in [0.2, 0.25) is 0 Å². The van der Waals surface area contributed by atoms with E-state index < -0.39 is 0 Å². The van der Waals surface area contributed by atoms with E-state index in [9.17, 15) is 0 Å². The predicted octanol–water partition coefficient (Wildman–Crippen LogP) is 0.467. The van der Waals surface area contributed by atoms with Crippen molar-refractivity contribution in [2.45, 2.75) is 39.4 Å². The van der Waals surface area contributed by atoms with E-state index in [1.807, 2.05) is 4.68 Å². The highest BCUT2D eigenvalue weighted by Crippen LogP contribution is 2.26. The van der Waals surface area contributed by atoms with Gasteiger partial charge in [-0.25, -0.2) is 9.67 Å². The zero-order chi connectivity index (χ0) is 11.8. The number of hydrogen-bond donors (Lipinski definition) is 1. The van der Waals surface area contributed by atoms with Crippen molar-refractivity contribution in [3.8, 4) is 0 Å². The summed E-state index contributed by atoms with van der Waals surface area (Å²) >= 11 is 0. The lowest BCUT2D eigenvalue weighted by molar-refractivity contribution is 0.0283. The van der Waals surface area contributed by atoms with Crippen molar-refractivity contribution in [1.29, 1.82) is 0 Å². The Balaban J connectivity index is 1.90. The minimum atomic E-state index is -0.00291. The number of rotatable bonds is 4. The maximum absolute atomic E-state index is 6.25. The van der Waals surface area contributed by atoms with Crippen LogP contribution < -0.4 is 5.73 Å². The molecule has 5 heteroatoms. The molecule has 16 heavy (non-hydrogen) atoms. The van der Waals surface area contributed by atoms with Crippen LogP contribution >= 0.6 is 0 Å². The quantitative estimate of drug-likeness (QED) is 0.806. The molecule has 5 nitrogen and oxygen atoms in total. The molecule has 2 heterocycles. The first kappa shape index (κ1) is 11.5. The van der Waals surface area contributed by atoms with Gasteiger partial charge in [-0.05, 0) is 12.8 Å². The molecular weight excluding hydrogens is 202 g/mol. The van der Waals surface area contributed by atoms with Crippen molar-refractivity contribution in [2.24, 2.45) is 11.7 Å². The molecule has 90 valence electrons. The summed E-state index contributed by atoms with van der Waals surface area (Å²) in [6.45, 7) is 10.1. The van der Waals surface area contributed by atoms with Gasteiger partial charge in [0.1, 0.15) is 12.2 Å². The molecule has 0 radical (unpaired) electrons. The first-order valence-electron chi connectivity index (χ1n) is 5.93. The predicted molar refractivity (Wildman–Crippen MR) is 62.7 cm³/mol. The van der Waals surface area contributed by atoms with Gasteiger partial charge in [-0.1, -0.05) is 13.8 Å². The standard InChI is InChI=1S/C11H21N5/c1-4-16-10(13-8-14-16)5-15-6-11(12,7-15)9(2)3/h8-9H,4-7,12H2,1-3H3. The summed E-state index contributed by atoms with van der Waals surface area (Å²) < 4.78 is 1.94. The van der Waals surface area contributed by atoms with Crippen molar-refractivity contribution < 1.29 is 0 Å². The molecule has 0 bridgehead atoms. The lowest BCUT2D eigenvalue weighted by atomic mass is 9.80. The number of aryl methyl sites for hydroxylation is 1.